The standard InChI is InChI=1S/C5H10O2.CN/c1-2-3-4-5(6)7;1-2/h2-4H2,1H3,(H,6,7);/q;-1. The van der Waals surface area contributed by atoms with Crippen LogP contribution in [0.25, 0.3) is 0 Å². The Hall–Kier alpha value is -1.04. The predicted octanol–water partition coefficient (Wildman–Crippen LogP) is 1.36. The largest absolute Gasteiger partial charge is 0.512 e. The van der Waals surface area contributed by atoms with Crippen LogP contribution in [0.15, 0.2) is 0 Å². The highest BCUT2D eigenvalue weighted by Crippen LogP contribution is 1.91. The molecule has 52 valence electrons. The van der Waals surface area contributed by atoms with Gasteiger partial charge in [0.25, 0.3) is 0 Å². The molecule has 0 saturated heterocycles. The quantitative estimate of drug-likeness (QED) is 0.583. The summed E-state index contributed by atoms with van der Waals surface area (Å²) in [7, 11) is 0. The molecule has 0 amide bonds. The fraction of sp³-hybridized carbons (Fsp3) is 0.667. The maximum atomic E-state index is 9.76. The number of hydrogen-bond donors (Lipinski definition) is 1. The van der Waals surface area contributed by atoms with Gasteiger partial charge in [-0.2, -0.15) is 0 Å². The Bertz CT molecular complexity index is 88.3. The molecule has 0 fully saturated rings. The lowest BCUT2D eigenvalue weighted by molar-refractivity contribution is -0.137. The zero-order valence-electron chi connectivity index (χ0n) is 5.42. The van der Waals surface area contributed by atoms with Crippen LogP contribution < -0.4 is 0 Å². The van der Waals surface area contributed by atoms with E-state index in [-0.39, 0.29) is 0 Å². The molecule has 1 N–H and O–H groups in total. The summed E-state index contributed by atoms with van der Waals surface area (Å²) in [6.45, 7) is 6.73. The van der Waals surface area contributed by atoms with Gasteiger partial charge in [0.2, 0.25) is 0 Å². The van der Waals surface area contributed by atoms with Crippen molar-refractivity contribution in [1.82, 2.24) is 0 Å². The average Bonchev–Trinajstić information content (AvgIpc) is 1.88. The van der Waals surface area contributed by atoms with E-state index in [1.54, 1.807) is 0 Å². The lowest BCUT2D eigenvalue weighted by Crippen LogP contribution is -1.91. The van der Waals surface area contributed by atoms with E-state index >= 15 is 0 Å². The Morgan fingerprint density at radius 2 is 2.11 bits per heavy atom. The first-order chi connectivity index (χ1) is 4.27. The molecule has 9 heavy (non-hydrogen) atoms. The van der Waals surface area contributed by atoms with Crippen molar-refractivity contribution in [1.29, 1.82) is 5.26 Å². The molecule has 0 saturated carbocycles. The van der Waals surface area contributed by atoms with E-state index in [2.05, 4.69) is 0 Å². The van der Waals surface area contributed by atoms with Crippen molar-refractivity contribution in [3.8, 4) is 0 Å². The van der Waals surface area contributed by atoms with Crippen LogP contribution in [0.4, 0.5) is 0 Å². The molecule has 0 bridgehead atoms. The van der Waals surface area contributed by atoms with Crippen molar-refractivity contribution in [2.24, 2.45) is 0 Å². The lowest BCUT2D eigenvalue weighted by Gasteiger charge is -1.85. The minimum atomic E-state index is -0.693. The molecule has 0 aromatic rings. The van der Waals surface area contributed by atoms with E-state index in [1.165, 1.54) is 0 Å². The molecule has 3 heteroatoms. The van der Waals surface area contributed by atoms with Gasteiger partial charge in [-0.05, 0) is 6.42 Å². The summed E-state index contributed by atoms with van der Waals surface area (Å²) in [6.07, 6.45) is 2.08. The van der Waals surface area contributed by atoms with Crippen LogP contribution in [-0.2, 0) is 4.79 Å². The molecule has 0 rings (SSSR count). The molecule has 0 radical (unpaired) electrons. The summed E-state index contributed by atoms with van der Waals surface area (Å²) in [6, 6.07) is 0. The molecule has 0 aliphatic rings. The highest BCUT2D eigenvalue weighted by atomic mass is 16.4. The van der Waals surface area contributed by atoms with Crippen LogP contribution in [0.5, 0.6) is 0 Å². The van der Waals surface area contributed by atoms with Gasteiger partial charge in [-0.15, -0.1) is 0 Å². The molecule has 3 nitrogen and oxygen atoms in total. The fourth-order valence-corrected chi connectivity index (χ4v) is 0.328. The molecule has 0 aromatic heterocycles. The van der Waals surface area contributed by atoms with Crippen molar-refractivity contribution in [3.63, 3.8) is 0 Å². The second-order valence-electron chi connectivity index (χ2n) is 1.50. The summed E-state index contributed by atoms with van der Waals surface area (Å²) in [4.78, 5) is 9.76. The average molecular weight is 128 g/mol. The number of rotatable bonds is 3. The number of unbranched alkanes of at least 4 members (excludes halogenated alkanes) is 1. The van der Waals surface area contributed by atoms with Gasteiger partial charge in [-0.25, -0.2) is 0 Å². The van der Waals surface area contributed by atoms with E-state index in [4.69, 9.17) is 16.9 Å². The third-order valence-electron chi connectivity index (χ3n) is 0.744. The van der Waals surface area contributed by atoms with Crippen molar-refractivity contribution in [2.75, 3.05) is 0 Å². The minimum Gasteiger partial charge on any atom is -0.512 e. The van der Waals surface area contributed by atoms with E-state index < -0.39 is 5.97 Å². The molecule has 0 atom stereocenters. The number of hydrogen-bond acceptors (Lipinski definition) is 2. The van der Waals surface area contributed by atoms with E-state index in [0.717, 1.165) is 12.8 Å². The van der Waals surface area contributed by atoms with E-state index in [9.17, 15) is 4.79 Å². The second kappa shape index (κ2) is 10.0. The monoisotopic (exact) mass is 128 g/mol. The number of nitrogens with zero attached hydrogens (tertiary/aromatic N) is 1. The predicted molar refractivity (Wildman–Crippen MR) is 32.1 cm³/mol. The Kier molecular flexibility index (Phi) is 12.1. The normalized spacial score (nSPS) is 7.00. The van der Waals surface area contributed by atoms with Gasteiger partial charge < -0.3 is 16.9 Å². The summed E-state index contributed by atoms with van der Waals surface area (Å²) in [5.74, 6) is -0.693. The third-order valence-corrected chi connectivity index (χ3v) is 0.744. The topological polar surface area (TPSA) is 61.1 Å². The van der Waals surface area contributed by atoms with Crippen LogP contribution in [0.2, 0.25) is 0 Å². The molecule has 0 spiro atoms. The van der Waals surface area contributed by atoms with Crippen LogP contribution in [0.1, 0.15) is 26.2 Å². The Balaban J connectivity index is 0. The van der Waals surface area contributed by atoms with Crippen molar-refractivity contribution < 1.29 is 9.90 Å². The Morgan fingerprint density at radius 1 is 1.67 bits per heavy atom. The number of carboxylic acids is 1. The molecule has 0 unspecified atom stereocenters. The molecule has 0 aromatic carbocycles. The first kappa shape index (κ1) is 10.9. The lowest BCUT2D eigenvalue weighted by atomic mass is 10.3. The van der Waals surface area contributed by atoms with Gasteiger partial charge >= 0.3 is 5.97 Å². The maximum Gasteiger partial charge on any atom is 0.303 e. The van der Waals surface area contributed by atoms with Gasteiger partial charge in [-0.3, -0.25) is 4.79 Å². The maximum absolute atomic E-state index is 9.76. The zero-order chi connectivity index (χ0) is 7.70. The Labute approximate surface area is 54.9 Å². The first-order valence-corrected chi connectivity index (χ1v) is 2.71. The highest BCUT2D eigenvalue weighted by molar-refractivity contribution is 5.66. The summed E-state index contributed by atoms with van der Waals surface area (Å²) in [5, 5.41) is 14.3. The Morgan fingerprint density at radius 3 is 2.22 bits per heavy atom. The van der Waals surface area contributed by atoms with Gasteiger partial charge in [0.05, 0.1) is 0 Å². The van der Waals surface area contributed by atoms with Gasteiger partial charge in [-0.1, -0.05) is 13.3 Å². The smallest absolute Gasteiger partial charge is 0.303 e. The minimum absolute atomic E-state index is 0.316. The highest BCUT2D eigenvalue weighted by Gasteiger charge is 1.90. The van der Waals surface area contributed by atoms with Crippen LogP contribution in [0.3, 0.4) is 0 Å². The summed E-state index contributed by atoms with van der Waals surface area (Å²) < 4.78 is 0. The third kappa shape index (κ3) is 19.5. The van der Waals surface area contributed by atoms with Crippen molar-refractivity contribution >= 4 is 5.97 Å². The number of carbonyl (C=O) groups is 1. The SMILES string of the molecule is CCCCC(=O)O.[C-]#N. The van der Waals surface area contributed by atoms with Crippen molar-refractivity contribution in [2.45, 2.75) is 26.2 Å². The van der Waals surface area contributed by atoms with Gasteiger partial charge in [0.15, 0.2) is 0 Å². The van der Waals surface area contributed by atoms with E-state index in [0.29, 0.717) is 6.42 Å². The summed E-state index contributed by atoms with van der Waals surface area (Å²) >= 11 is 0. The molecule has 0 aliphatic heterocycles. The van der Waals surface area contributed by atoms with Gasteiger partial charge in [0.1, 0.15) is 0 Å². The fourth-order valence-electron chi connectivity index (χ4n) is 0.328. The molecular weight excluding hydrogens is 118 g/mol. The van der Waals surface area contributed by atoms with Crippen LogP contribution in [0, 0.1) is 11.8 Å². The second-order valence-corrected chi connectivity index (χ2v) is 1.50. The summed E-state index contributed by atoms with van der Waals surface area (Å²) in [5.41, 5.74) is 0. The van der Waals surface area contributed by atoms with Crippen LogP contribution >= 0.6 is 0 Å². The first-order valence-electron chi connectivity index (χ1n) is 2.71. The number of carboxylic acid groups (broad SMARTS) is 1. The zero-order valence-corrected chi connectivity index (χ0v) is 5.42. The van der Waals surface area contributed by atoms with Gasteiger partial charge in [0, 0.05) is 6.42 Å². The number of aliphatic carboxylic acids is 1. The van der Waals surface area contributed by atoms with Crippen molar-refractivity contribution in [3.05, 3.63) is 6.57 Å². The molecular formula is C6H10NO2-. The van der Waals surface area contributed by atoms with E-state index in [1.807, 2.05) is 6.92 Å². The molecule has 0 aliphatic carbocycles. The molecule has 0 heterocycles. The van der Waals surface area contributed by atoms with Crippen LogP contribution in [-0.4, -0.2) is 11.1 Å².